The van der Waals surface area contributed by atoms with Gasteiger partial charge in [0.2, 0.25) is 6.79 Å². The van der Waals surface area contributed by atoms with Crippen molar-refractivity contribution in [1.82, 2.24) is 0 Å². The van der Waals surface area contributed by atoms with Gasteiger partial charge in [-0.25, -0.2) is 0 Å². The molecule has 0 saturated heterocycles. The number of allylic oxidation sites excluding steroid dienone is 2. The quantitative estimate of drug-likeness (QED) is 0.581. The van der Waals surface area contributed by atoms with Crippen molar-refractivity contribution < 1.29 is 23.4 Å². The van der Waals surface area contributed by atoms with E-state index in [1.807, 2.05) is 36.4 Å². The molecule has 0 fully saturated rings. The normalized spacial score (nSPS) is 12.8. The first-order valence-corrected chi connectivity index (χ1v) is 8.81. The highest BCUT2D eigenvalue weighted by atomic mass is 16.7. The second-order valence-electron chi connectivity index (χ2n) is 6.45. The zero-order chi connectivity index (χ0) is 18.8. The summed E-state index contributed by atoms with van der Waals surface area (Å²) in [6.07, 6.45) is 5.11. The molecule has 1 aliphatic heterocycles. The molecule has 2 heterocycles. The van der Waals surface area contributed by atoms with Crippen molar-refractivity contribution in [3.8, 4) is 28.6 Å². The monoisotopic (exact) mass is 364 g/mol. The third-order valence-electron chi connectivity index (χ3n) is 4.47. The van der Waals surface area contributed by atoms with Crippen LogP contribution in [0.3, 0.4) is 0 Å². The fourth-order valence-corrected chi connectivity index (χ4v) is 3.17. The van der Waals surface area contributed by atoms with Gasteiger partial charge >= 0.3 is 0 Å². The molecule has 1 aliphatic rings. The third-order valence-corrected chi connectivity index (χ3v) is 4.47. The van der Waals surface area contributed by atoms with Gasteiger partial charge in [-0.15, -0.1) is 0 Å². The number of carbonyl (C=O) groups is 1. The Hall–Kier alpha value is -3.21. The Morgan fingerprint density at radius 2 is 2.00 bits per heavy atom. The van der Waals surface area contributed by atoms with Gasteiger partial charge in [-0.05, 0) is 67.8 Å². The van der Waals surface area contributed by atoms with Gasteiger partial charge in [0, 0.05) is 10.9 Å². The minimum atomic E-state index is 0.0613. The summed E-state index contributed by atoms with van der Waals surface area (Å²) in [6, 6.07) is 11.8. The van der Waals surface area contributed by atoms with Crippen molar-refractivity contribution in [2.24, 2.45) is 0 Å². The zero-order valence-corrected chi connectivity index (χ0v) is 15.3. The van der Waals surface area contributed by atoms with Crippen molar-refractivity contribution in [3.05, 3.63) is 54.1 Å². The lowest BCUT2D eigenvalue weighted by atomic mass is 10.1. The minimum absolute atomic E-state index is 0.0613. The molecule has 3 aromatic rings. The van der Waals surface area contributed by atoms with Crippen LogP contribution in [-0.4, -0.2) is 19.7 Å². The third kappa shape index (κ3) is 3.53. The van der Waals surface area contributed by atoms with E-state index in [2.05, 4.69) is 6.07 Å². The molecule has 1 aromatic heterocycles. The summed E-state index contributed by atoms with van der Waals surface area (Å²) < 4.78 is 22.4. The summed E-state index contributed by atoms with van der Waals surface area (Å²) in [6.45, 7) is 1.79. The van der Waals surface area contributed by atoms with Gasteiger partial charge in [0.15, 0.2) is 28.6 Å². The number of aryl methyl sites for hydroxylation is 1. The van der Waals surface area contributed by atoms with Crippen LogP contribution in [0.15, 0.2) is 53.0 Å². The first kappa shape index (κ1) is 17.2. The maximum Gasteiger partial charge on any atom is 0.231 e. The fourth-order valence-electron chi connectivity index (χ4n) is 3.17. The molecule has 27 heavy (non-hydrogen) atoms. The Morgan fingerprint density at radius 3 is 2.81 bits per heavy atom. The van der Waals surface area contributed by atoms with Gasteiger partial charge in [-0.2, -0.15) is 0 Å². The van der Waals surface area contributed by atoms with Crippen molar-refractivity contribution in [2.45, 2.75) is 19.8 Å². The lowest BCUT2D eigenvalue weighted by Crippen LogP contribution is -1.92. The summed E-state index contributed by atoms with van der Waals surface area (Å²) in [5.41, 5.74) is 2.77. The van der Waals surface area contributed by atoms with E-state index in [-0.39, 0.29) is 12.6 Å². The Morgan fingerprint density at radius 1 is 1.15 bits per heavy atom. The molecule has 0 radical (unpaired) electrons. The molecule has 0 atom stereocenters. The molecule has 0 saturated carbocycles. The number of hydrogen-bond acceptors (Lipinski definition) is 5. The number of methoxy groups -OCH3 is 1. The van der Waals surface area contributed by atoms with Gasteiger partial charge in [0.25, 0.3) is 0 Å². The molecule has 0 bridgehead atoms. The van der Waals surface area contributed by atoms with Crippen LogP contribution in [0.2, 0.25) is 0 Å². The predicted octanol–water partition coefficient (Wildman–Crippen LogP) is 4.91. The van der Waals surface area contributed by atoms with E-state index < -0.39 is 0 Å². The second kappa shape index (κ2) is 7.19. The topological polar surface area (TPSA) is 57.9 Å². The number of hydrogen-bond donors (Lipinski definition) is 0. The molecule has 0 spiro atoms. The Kier molecular flexibility index (Phi) is 4.59. The highest BCUT2D eigenvalue weighted by molar-refractivity contribution is 5.88. The van der Waals surface area contributed by atoms with Crippen LogP contribution in [0.25, 0.3) is 22.3 Å². The van der Waals surface area contributed by atoms with E-state index in [9.17, 15) is 4.79 Å². The van der Waals surface area contributed by atoms with E-state index in [0.717, 1.165) is 46.6 Å². The molecule has 0 amide bonds. The number of furan rings is 1. The average Bonchev–Trinajstić information content (AvgIpc) is 3.30. The number of ether oxygens (including phenoxy) is 3. The number of rotatable bonds is 6. The van der Waals surface area contributed by atoms with E-state index in [0.29, 0.717) is 11.3 Å². The van der Waals surface area contributed by atoms with Crippen LogP contribution < -0.4 is 14.2 Å². The van der Waals surface area contributed by atoms with Crippen molar-refractivity contribution in [2.75, 3.05) is 13.9 Å². The van der Waals surface area contributed by atoms with Crippen LogP contribution in [0.1, 0.15) is 18.9 Å². The molecular formula is C22H20O5. The average molecular weight is 364 g/mol. The second-order valence-corrected chi connectivity index (χ2v) is 6.45. The number of benzene rings is 2. The molecule has 0 aliphatic carbocycles. The standard InChI is InChI=1S/C22H20O5/c1-14(23)5-3-4-6-15-9-17-12-19(27-22(17)21(10-15)24-2)16-7-8-18-20(11-16)26-13-25-18/h3,5,7-12H,4,6,13H2,1-2H3/b5-3+. The van der Waals surface area contributed by atoms with Crippen LogP contribution in [0.4, 0.5) is 0 Å². The highest BCUT2D eigenvalue weighted by Crippen LogP contribution is 2.39. The summed E-state index contributed by atoms with van der Waals surface area (Å²) in [7, 11) is 1.64. The van der Waals surface area contributed by atoms with E-state index in [1.54, 1.807) is 20.1 Å². The Balaban J connectivity index is 1.65. The fraction of sp³-hybridized carbons (Fsp3) is 0.227. The smallest absolute Gasteiger partial charge is 0.231 e. The number of ketones is 1. The van der Waals surface area contributed by atoms with Gasteiger partial charge in [0.05, 0.1) is 7.11 Å². The molecule has 138 valence electrons. The molecule has 0 unspecified atom stereocenters. The van der Waals surface area contributed by atoms with E-state index in [4.69, 9.17) is 18.6 Å². The Bertz CT molecular complexity index is 1030. The minimum Gasteiger partial charge on any atom is -0.493 e. The lowest BCUT2D eigenvalue weighted by molar-refractivity contribution is -0.112. The molecule has 5 nitrogen and oxygen atoms in total. The number of carbonyl (C=O) groups excluding carboxylic acids is 1. The SMILES string of the molecule is COc1cc(CC/C=C/C(C)=O)cc2cc(-c3ccc4c(c3)OCO4)oc12. The maximum atomic E-state index is 11.0. The van der Waals surface area contributed by atoms with E-state index >= 15 is 0 Å². The molecule has 0 N–H and O–H groups in total. The number of fused-ring (bicyclic) bond motifs is 2. The van der Waals surface area contributed by atoms with Crippen LogP contribution >= 0.6 is 0 Å². The summed E-state index contributed by atoms with van der Waals surface area (Å²) in [5.74, 6) is 2.97. The van der Waals surface area contributed by atoms with Gasteiger partial charge in [0.1, 0.15) is 5.76 Å². The first-order chi connectivity index (χ1) is 13.1. The first-order valence-electron chi connectivity index (χ1n) is 8.81. The summed E-state index contributed by atoms with van der Waals surface area (Å²) >= 11 is 0. The van der Waals surface area contributed by atoms with Crippen molar-refractivity contribution in [1.29, 1.82) is 0 Å². The summed E-state index contributed by atoms with van der Waals surface area (Å²) in [4.78, 5) is 11.0. The van der Waals surface area contributed by atoms with Gasteiger partial charge in [-0.1, -0.05) is 6.08 Å². The highest BCUT2D eigenvalue weighted by Gasteiger charge is 2.17. The largest absolute Gasteiger partial charge is 0.493 e. The maximum absolute atomic E-state index is 11.0. The van der Waals surface area contributed by atoms with Crippen LogP contribution in [0.5, 0.6) is 17.2 Å². The van der Waals surface area contributed by atoms with Crippen molar-refractivity contribution >= 4 is 16.8 Å². The summed E-state index contributed by atoms with van der Waals surface area (Å²) in [5, 5.41) is 0.979. The van der Waals surface area contributed by atoms with Crippen LogP contribution in [0, 0.1) is 0 Å². The van der Waals surface area contributed by atoms with Gasteiger partial charge in [-0.3, -0.25) is 4.79 Å². The zero-order valence-electron chi connectivity index (χ0n) is 15.3. The molecule has 5 heteroatoms. The Labute approximate surface area is 157 Å². The molecule has 4 rings (SSSR count). The molecule has 2 aromatic carbocycles. The van der Waals surface area contributed by atoms with Gasteiger partial charge < -0.3 is 18.6 Å². The molecular weight excluding hydrogens is 344 g/mol. The predicted molar refractivity (Wildman–Crippen MR) is 102 cm³/mol. The van der Waals surface area contributed by atoms with Crippen molar-refractivity contribution in [3.63, 3.8) is 0 Å². The lowest BCUT2D eigenvalue weighted by Gasteiger charge is -2.04. The van der Waals surface area contributed by atoms with E-state index in [1.165, 1.54) is 0 Å². The van der Waals surface area contributed by atoms with Crippen LogP contribution in [-0.2, 0) is 11.2 Å².